The van der Waals surface area contributed by atoms with Crippen molar-refractivity contribution in [1.82, 2.24) is 0 Å². The van der Waals surface area contributed by atoms with Crippen molar-refractivity contribution in [2.45, 2.75) is 51.4 Å². The summed E-state index contributed by atoms with van der Waals surface area (Å²) in [5.74, 6) is 0.817. The van der Waals surface area contributed by atoms with Crippen molar-refractivity contribution < 1.29 is 9.84 Å². The van der Waals surface area contributed by atoms with E-state index in [2.05, 4.69) is 13.8 Å². The average molecular weight is 270 g/mol. The lowest BCUT2D eigenvalue weighted by Crippen LogP contribution is -2.33. The molecule has 18 heavy (non-hydrogen) atoms. The molecule has 0 aliphatic carbocycles. The number of aliphatic hydroxyl groups is 1. The zero-order valence-corrected chi connectivity index (χ0v) is 11.8. The fourth-order valence-electron chi connectivity index (χ4n) is 2.24. The number of ether oxygens (including phenoxy) is 1. The normalized spacial score (nSPS) is 20.8. The predicted octanol–water partition coefficient (Wildman–Crippen LogP) is 2.82. The highest BCUT2D eigenvalue weighted by molar-refractivity contribution is 6.32. The van der Waals surface area contributed by atoms with Gasteiger partial charge in [-0.15, -0.1) is 0 Å². The summed E-state index contributed by atoms with van der Waals surface area (Å²) in [4.78, 5) is 0. The summed E-state index contributed by atoms with van der Waals surface area (Å²) in [5, 5.41) is 10.6. The summed E-state index contributed by atoms with van der Waals surface area (Å²) in [6.45, 7) is 5.89. The molecule has 1 aromatic carbocycles. The molecular weight excluding hydrogens is 250 g/mol. The molecule has 2 unspecified atom stereocenters. The summed E-state index contributed by atoms with van der Waals surface area (Å²) in [7, 11) is 0. The Morgan fingerprint density at radius 1 is 1.44 bits per heavy atom. The first-order valence-electron chi connectivity index (χ1n) is 6.26. The SMILES string of the molecule is CC(N)C(O)c1ccc2c(c1Cl)CCC(C)(C)O2. The molecule has 0 aromatic heterocycles. The van der Waals surface area contributed by atoms with E-state index < -0.39 is 6.10 Å². The van der Waals surface area contributed by atoms with Gasteiger partial charge >= 0.3 is 0 Å². The first-order chi connectivity index (χ1) is 8.32. The van der Waals surface area contributed by atoms with Gasteiger partial charge in [-0.05, 0) is 39.7 Å². The molecule has 2 atom stereocenters. The number of halogens is 1. The second-order valence-corrected chi connectivity index (χ2v) is 5.99. The van der Waals surface area contributed by atoms with Crippen LogP contribution in [0.1, 0.15) is 44.4 Å². The molecule has 100 valence electrons. The molecule has 0 saturated carbocycles. The van der Waals surface area contributed by atoms with Crippen LogP contribution in [0, 0.1) is 0 Å². The lowest BCUT2D eigenvalue weighted by molar-refractivity contribution is 0.0843. The Morgan fingerprint density at radius 3 is 2.72 bits per heavy atom. The van der Waals surface area contributed by atoms with Crippen molar-refractivity contribution >= 4 is 11.6 Å². The van der Waals surface area contributed by atoms with Gasteiger partial charge in [0.1, 0.15) is 11.4 Å². The van der Waals surface area contributed by atoms with Crippen LogP contribution in [-0.4, -0.2) is 16.7 Å². The number of aliphatic hydroxyl groups excluding tert-OH is 1. The van der Waals surface area contributed by atoms with Crippen LogP contribution in [-0.2, 0) is 6.42 Å². The lowest BCUT2D eigenvalue weighted by Gasteiger charge is -2.33. The standard InChI is InChI=1S/C14H20ClNO2/c1-8(16)13(17)10-4-5-11-9(12(10)15)6-7-14(2,3)18-11/h4-5,8,13,17H,6-7,16H2,1-3H3. The molecule has 2 rings (SSSR count). The molecule has 1 aliphatic rings. The van der Waals surface area contributed by atoms with Gasteiger partial charge in [0.2, 0.25) is 0 Å². The van der Waals surface area contributed by atoms with Gasteiger partial charge in [0.05, 0.1) is 11.1 Å². The maximum atomic E-state index is 10.0. The predicted molar refractivity (Wildman–Crippen MR) is 73.1 cm³/mol. The van der Waals surface area contributed by atoms with Gasteiger partial charge < -0.3 is 15.6 Å². The number of fused-ring (bicyclic) bond motifs is 1. The van der Waals surface area contributed by atoms with E-state index in [-0.39, 0.29) is 11.6 Å². The highest BCUT2D eigenvalue weighted by Gasteiger charge is 2.29. The first-order valence-corrected chi connectivity index (χ1v) is 6.63. The van der Waals surface area contributed by atoms with E-state index in [9.17, 15) is 5.11 Å². The van der Waals surface area contributed by atoms with E-state index in [1.165, 1.54) is 0 Å². The zero-order valence-electron chi connectivity index (χ0n) is 11.0. The van der Waals surface area contributed by atoms with Crippen molar-refractivity contribution in [2.24, 2.45) is 5.73 Å². The number of hydrogen-bond acceptors (Lipinski definition) is 3. The summed E-state index contributed by atoms with van der Waals surface area (Å²) in [6.07, 6.45) is 1.04. The second kappa shape index (κ2) is 4.72. The van der Waals surface area contributed by atoms with Crippen LogP contribution < -0.4 is 10.5 Å². The molecular formula is C14H20ClNO2. The monoisotopic (exact) mass is 269 g/mol. The summed E-state index contributed by atoms with van der Waals surface area (Å²) in [6, 6.07) is 3.33. The van der Waals surface area contributed by atoms with Crippen molar-refractivity contribution in [2.75, 3.05) is 0 Å². The highest BCUT2D eigenvalue weighted by atomic mass is 35.5. The van der Waals surface area contributed by atoms with Crippen LogP contribution >= 0.6 is 11.6 Å². The number of nitrogens with two attached hydrogens (primary N) is 1. The van der Waals surface area contributed by atoms with Crippen LogP contribution in [0.4, 0.5) is 0 Å². The average Bonchev–Trinajstić information content (AvgIpc) is 2.27. The number of benzene rings is 1. The molecule has 0 saturated heterocycles. The maximum Gasteiger partial charge on any atom is 0.124 e. The van der Waals surface area contributed by atoms with E-state index in [1.807, 2.05) is 6.07 Å². The van der Waals surface area contributed by atoms with Crippen molar-refractivity contribution in [3.8, 4) is 5.75 Å². The molecule has 0 fully saturated rings. The van der Waals surface area contributed by atoms with E-state index in [0.717, 1.165) is 24.2 Å². The summed E-state index contributed by atoms with van der Waals surface area (Å²) >= 11 is 6.36. The Hall–Kier alpha value is -0.770. The van der Waals surface area contributed by atoms with Gasteiger partial charge in [0.15, 0.2) is 0 Å². The largest absolute Gasteiger partial charge is 0.488 e. The van der Waals surface area contributed by atoms with Crippen molar-refractivity contribution in [3.05, 3.63) is 28.3 Å². The van der Waals surface area contributed by atoms with Crippen LogP contribution in [0.3, 0.4) is 0 Å². The van der Waals surface area contributed by atoms with Crippen LogP contribution in [0.2, 0.25) is 5.02 Å². The molecule has 0 spiro atoms. The van der Waals surface area contributed by atoms with E-state index >= 15 is 0 Å². The minimum atomic E-state index is -0.738. The maximum absolute atomic E-state index is 10.0. The smallest absolute Gasteiger partial charge is 0.124 e. The minimum absolute atomic E-state index is 0.155. The van der Waals surface area contributed by atoms with E-state index in [1.54, 1.807) is 13.0 Å². The molecule has 1 aliphatic heterocycles. The Labute approximate surface area is 113 Å². The lowest BCUT2D eigenvalue weighted by atomic mass is 9.91. The third kappa shape index (κ3) is 2.48. The minimum Gasteiger partial charge on any atom is -0.488 e. The van der Waals surface area contributed by atoms with E-state index in [4.69, 9.17) is 22.1 Å². The van der Waals surface area contributed by atoms with Gasteiger partial charge in [-0.2, -0.15) is 0 Å². The third-order valence-electron chi connectivity index (χ3n) is 3.41. The van der Waals surface area contributed by atoms with Crippen LogP contribution in [0.5, 0.6) is 5.75 Å². The summed E-state index contributed by atoms with van der Waals surface area (Å²) in [5.41, 5.74) is 7.23. The highest BCUT2D eigenvalue weighted by Crippen LogP contribution is 2.40. The van der Waals surface area contributed by atoms with Gasteiger partial charge in [0.25, 0.3) is 0 Å². The van der Waals surface area contributed by atoms with Crippen molar-refractivity contribution in [1.29, 1.82) is 0 Å². The van der Waals surface area contributed by atoms with E-state index in [0.29, 0.717) is 10.6 Å². The fourth-order valence-corrected chi connectivity index (χ4v) is 2.60. The molecule has 4 heteroatoms. The second-order valence-electron chi connectivity index (χ2n) is 5.61. The molecule has 0 radical (unpaired) electrons. The molecule has 0 amide bonds. The molecule has 3 nitrogen and oxygen atoms in total. The third-order valence-corrected chi connectivity index (χ3v) is 3.86. The van der Waals surface area contributed by atoms with Gasteiger partial charge in [0, 0.05) is 17.2 Å². The Morgan fingerprint density at radius 2 is 2.11 bits per heavy atom. The summed E-state index contributed by atoms with van der Waals surface area (Å²) < 4.78 is 5.90. The van der Waals surface area contributed by atoms with Crippen LogP contribution in [0.25, 0.3) is 0 Å². The number of rotatable bonds is 2. The molecule has 1 heterocycles. The molecule has 0 bridgehead atoms. The van der Waals surface area contributed by atoms with Gasteiger partial charge in [-0.25, -0.2) is 0 Å². The number of hydrogen-bond donors (Lipinski definition) is 2. The quantitative estimate of drug-likeness (QED) is 0.868. The van der Waals surface area contributed by atoms with Gasteiger partial charge in [-0.3, -0.25) is 0 Å². The topological polar surface area (TPSA) is 55.5 Å². The Bertz CT molecular complexity index is 457. The molecule has 3 N–H and O–H groups in total. The Kier molecular flexibility index (Phi) is 3.58. The van der Waals surface area contributed by atoms with Crippen LogP contribution in [0.15, 0.2) is 12.1 Å². The zero-order chi connectivity index (χ0) is 13.5. The first kappa shape index (κ1) is 13.7. The van der Waals surface area contributed by atoms with Gasteiger partial charge in [-0.1, -0.05) is 17.7 Å². The molecule has 1 aromatic rings. The van der Waals surface area contributed by atoms with Crippen molar-refractivity contribution in [3.63, 3.8) is 0 Å². The fraction of sp³-hybridized carbons (Fsp3) is 0.571. The Balaban J connectivity index is 2.40.